The van der Waals surface area contributed by atoms with Gasteiger partial charge in [0, 0.05) is 0 Å². The first-order valence-electron chi connectivity index (χ1n) is 6.12. The number of carboxylic acids is 1. The van der Waals surface area contributed by atoms with Gasteiger partial charge in [0.15, 0.2) is 0 Å². The minimum absolute atomic E-state index is 0.0394. The predicted octanol–water partition coefficient (Wildman–Crippen LogP) is 3.69. The van der Waals surface area contributed by atoms with Gasteiger partial charge in [0.1, 0.15) is 18.1 Å². The highest BCUT2D eigenvalue weighted by molar-refractivity contribution is 5.89. The third-order valence-electron chi connectivity index (χ3n) is 2.86. The predicted molar refractivity (Wildman–Crippen MR) is 70.8 cm³/mol. The van der Waals surface area contributed by atoms with E-state index in [1.54, 1.807) is 0 Å². The van der Waals surface area contributed by atoms with E-state index in [0.717, 1.165) is 12.1 Å². The summed E-state index contributed by atoms with van der Waals surface area (Å²) in [6, 6.07) is 8.61. The van der Waals surface area contributed by atoms with Crippen LogP contribution in [0.25, 0.3) is 0 Å². The zero-order chi connectivity index (χ0) is 16.3. The molecule has 2 rings (SSSR count). The quantitative estimate of drug-likeness (QED) is 0.903. The number of phenolic OH excluding ortho intramolecular Hbond substituents is 1. The van der Waals surface area contributed by atoms with Crippen LogP contribution in [0.1, 0.15) is 21.5 Å². The second-order valence-corrected chi connectivity index (χ2v) is 4.47. The van der Waals surface area contributed by atoms with Crippen LogP contribution in [-0.2, 0) is 12.8 Å². The van der Waals surface area contributed by atoms with Crippen molar-refractivity contribution >= 4 is 5.97 Å². The summed E-state index contributed by atoms with van der Waals surface area (Å²) in [6.07, 6.45) is -4.76. The van der Waals surface area contributed by atoms with Crippen LogP contribution in [0.5, 0.6) is 11.5 Å². The fourth-order valence-corrected chi connectivity index (χ4v) is 1.81. The third kappa shape index (κ3) is 3.69. The van der Waals surface area contributed by atoms with Crippen molar-refractivity contribution in [1.82, 2.24) is 0 Å². The Bertz CT molecular complexity index is 678. The lowest BCUT2D eigenvalue weighted by molar-refractivity contribution is -0.138. The second-order valence-electron chi connectivity index (χ2n) is 4.47. The number of alkyl halides is 3. The summed E-state index contributed by atoms with van der Waals surface area (Å²) in [5.74, 6) is -1.23. The molecule has 0 saturated carbocycles. The van der Waals surface area contributed by atoms with E-state index in [-0.39, 0.29) is 17.9 Å². The van der Waals surface area contributed by atoms with Crippen LogP contribution in [0.3, 0.4) is 0 Å². The number of carbonyl (C=O) groups is 1. The molecule has 0 radical (unpaired) electrons. The highest BCUT2D eigenvalue weighted by Crippen LogP contribution is 2.33. The van der Waals surface area contributed by atoms with E-state index in [9.17, 15) is 18.0 Å². The number of halogens is 3. The van der Waals surface area contributed by atoms with Crippen molar-refractivity contribution in [3.05, 3.63) is 59.2 Å². The van der Waals surface area contributed by atoms with Crippen LogP contribution in [0, 0.1) is 0 Å². The van der Waals surface area contributed by atoms with Crippen LogP contribution in [0.2, 0.25) is 0 Å². The molecule has 0 aliphatic heterocycles. The number of carboxylic acid groups (broad SMARTS) is 1. The molecule has 7 heteroatoms. The maximum Gasteiger partial charge on any atom is 0.417 e. The van der Waals surface area contributed by atoms with Gasteiger partial charge in [0.2, 0.25) is 0 Å². The molecular weight excluding hydrogens is 301 g/mol. The van der Waals surface area contributed by atoms with Crippen molar-refractivity contribution in [3.63, 3.8) is 0 Å². The number of hydrogen-bond donors (Lipinski definition) is 2. The Morgan fingerprint density at radius 1 is 1.09 bits per heavy atom. The van der Waals surface area contributed by atoms with Crippen LogP contribution in [0.15, 0.2) is 42.5 Å². The Morgan fingerprint density at radius 3 is 2.27 bits per heavy atom. The first kappa shape index (κ1) is 15.7. The van der Waals surface area contributed by atoms with Crippen LogP contribution in [-0.4, -0.2) is 16.2 Å². The van der Waals surface area contributed by atoms with Crippen molar-refractivity contribution < 1.29 is 32.9 Å². The van der Waals surface area contributed by atoms with E-state index >= 15 is 0 Å². The van der Waals surface area contributed by atoms with E-state index in [1.807, 2.05) is 0 Å². The molecule has 0 atom stereocenters. The number of ether oxygens (including phenoxy) is 1. The summed E-state index contributed by atoms with van der Waals surface area (Å²) in [4.78, 5) is 10.8. The number of aromatic hydroxyl groups is 1. The highest BCUT2D eigenvalue weighted by atomic mass is 19.4. The Hall–Kier alpha value is -2.70. The molecule has 4 nitrogen and oxygen atoms in total. The highest BCUT2D eigenvalue weighted by Gasteiger charge is 2.35. The fraction of sp³-hybridized carbons (Fsp3) is 0.133. The zero-order valence-corrected chi connectivity index (χ0v) is 11.1. The molecule has 2 aromatic rings. The number of phenols is 1. The number of benzene rings is 2. The largest absolute Gasteiger partial charge is 0.508 e. The molecular formula is C15H11F3O4. The maximum atomic E-state index is 12.9. The van der Waals surface area contributed by atoms with Gasteiger partial charge in [-0.1, -0.05) is 6.07 Å². The summed E-state index contributed by atoms with van der Waals surface area (Å²) >= 11 is 0. The van der Waals surface area contributed by atoms with E-state index in [1.165, 1.54) is 30.3 Å². The van der Waals surface area contributed by atoms with Gasteiger partial charge in [0.25, 0.3) is 0 Å². The van der Waals surface area contributed by atoms with Gasteiger partial charge in [-0.25, -0.2) is 4.79 Å². The summed E-state index contributed by atoms with van der Waals surface area (Å²) in [5, 5.41) is 17.9. The second kappa shape index (κ2) is 5.97. The lowest BCUT2D eigenvalue weighted by atomic mass is 10.0. The molecule has 0 saturated heterocycles. The van der Waals surface area contributed by atoms with E-state index < -0.39 is 23.3 Å². The molecule has 0 spiro atoms. The van der Waals surface area contributed by atoms with Crippen LogP contribution in [0.4, 0.5) is 13.2 Å². The maximum absolute atomic E-state index is 12.9. The van der Waals surface area contributed by atoms with Gasteiger partial charge in [-0.15, -0.1) is 0 Å². The fourth-order valence-electron chi connectivity index (χ4n) is 1.81. The van der Waals surface area contributed by atoms with Crippen molar-refractivity contribution in [2.24, 2.45) is 0 Å². The number of hydrogen-bond acceptors (Lipinski definition) is 3. The molecule has 0 aromatic heterocycles. The van der Waals surface area contributed by atoms with Gasteiger partial charge >= 0.3 is 12.1 Å². The number of aromatic carboxylic acids is 1. The smallest absolute Gasteiger partial charge is 0.417 e. The lowest BCUT2D eigenvalue weighted by Crippen LogP contribution is -2.13. The SMILES string of the molecule is O=C(O)c1ccc(COc2ccc(O)cc2)cc1C(F)(F)F. The van der Waals surface area contributed by atoms with E-state index in [0.29, 0.717) is 5.75 Å². The van der Waals surface area contributed by atoms with Crippen molar-refractivity contribution in [3.8, 4) is 11.5 Å². The molecule has 0 heterocycles. The van der Waals surface area contributed by atoms with Gasteiger partial charge in [-0.2, -0.15) is 13.2 Å². The molecule has 0 unspecified atom stereocenters. The van der Waals surface area contributed by atoms with Crippen molar-refractivity contribution in [2.75, 3.05) is 0 Å². The van der Waals surface area contributed by atoms with Gasteiger partial charge in [-0.3, -0.25) is 0 Å². The molecule has 2 aromatic carbocycles. The third-order valence-corrected chi connectivity index (χ3v) is 2.86. The Morgan fingerprint density at radius 2 is 1.73 bits per heavy atom. The summed E-state index contributed by atoms with van der Waals surface area (Å²) in [5.41, 5.74) is -1.84. The van der Waals surface area contributed by atoms with Gasteiger partial charge in [0.05, 0.1) is 11.1 Å². The van der Waals surface area contributed by atoms with Gasteiger partial charge in [-0.05, 0) is 42.0 Å². The summed E-state index contributed by atoms with van der Waals surface area (Å²) in [7, 11) is 0. The molecule has 0 aliphatic carbocycles. The van der Waals surface area contributed by atoms with Crippen LogP contribution < -0.4 is 4.74 Å². The molecule has 0 amide bonds. The summed E-state index contributed by atoms with van der Waals surface area (Å²) < 4.78 is 43.9. The minimum atomic E-state index is -4.76. The molecule has 116 valence electrons. The monoisotopic (exact) mass is 312 g/mol. The van der Waals surface area contributed by atoms with E-state index in [2.05, 4.69) is 0 Å². The standard InChI is InChI=1S/C15H11F3O4/c16-15(17,18)13-7-9(1-6-12(13)14(20)21)8-22-11-4-2-10(19)3-5-11/h1-7,19H,8H2,(H,20,21). The first-order chi connectivity index (χ1) is 10.3. The van der Waals surface area contributed by atoms with Crippen molar-refractivity contribution in [1.29, 1.82) is 0 Å². The van der Waals surface area contributed by atoms with Gasteiger partial charge < -0.3 is 14.9 Å². The molecule has 0 fully saturated rings. The average molecular weight is 312 g/mol. The van der Waals surface area contributed by atoms with Crippen molar-refractivity contribution in [2.45, 2.75) is 12.8 Å². The van der Waals surface area contributed by atoms with E-state index in [4.69, 9.17) is 14.9 Å². The average Bonchev–Trinajstić information content (AvgIpc) is 2.45. The topological polar surface area (TPSA) is 66.8 Å². The summed E-state index contributed by atoms with van der Waals surface area (Å²) in [6.45, 7) is -0.159. The first-order valence-corrected chi connectivity index (χ1v) is 6.12. The molecule has 2 N–H and O–H groups in total. The molecule has 22 heavy (non-hydrogen) atoms. The lowest BCUT2D eigenvalue weighted by Gasteiger charge is -2.13. The zero-order valence-electron chi connectivity index (χ0n) is 11.1. The normalized spacial score (nSPS) is 11.2. The van der Waals surface area contributed by atoms with Crippen LogP contribution >= 0.6 is 0 Å². The Balaban J connectivity index is 2.21. The Labute approximate surface area is 123 Å². The Kier molecular flexibility index (Phi) is 4.25. The molecule has 0 aliphatic rings. The molecule has 0 bridgehead atoms. The minimum Gasteiger partial charge on any atom is -0.508 e. The number of rotatable bonds is 4.